The third-order valence-electron chi connectivity index (χ3n) is 4.50. The SMILES string of the molecule is CCC(CO)N(Cc1ccsc1)C(=O)c1coc2c1C(=O)CCC2. The van der Waals surface area contributed by atoms with Crippen LogP contribution in [0.4, 0.5) is 0 Å². The molecular formula is C18H21NO4S. The molecule has 5 nitrogen and oxygen atoms in total. The summed E-state index contributed by atoms with van der Waals surface area (Å²) < 4.78 is 5.48. The molecule has 2 aromatic heterocycles. The maximum absolute atomic E-state index is 13.1. The lowest BCUT2D eigenvalue weighted by atomic mass is 9.93. The normalized spacial score (nSPS) is 15.2. The van der Waals surface area contributed by atoms with Gasteiger partial charge in [0.25, 0.3) is 5.91 Å². The summed E-state index contributed by atoms with van der Waals surface area (Å²) >= 11 is 1.57. The van der Waals surface area contributed by atoms with E-state index in [0.29, 0.717) is 42.7 Å². The Labute approximate surface area is 144 Å². The van der Waals surface area contributed by atoms with Crippen LogP contribution >= 0.6 is 11.3 Å². The molecule has 0 spiro atoms. The van der Waals surface area contributed by atoms with Gasteiger partial charge >= 0.3 is 0 Å². The van der Waals surface area contributed by atoms with Crippen molar-refractivity contribution in [3.63, 3.8) is 0 Å². The topological polar surface area (TPSA) is 70.8 Å². The number of aryl methyl sites for hydroxylation is 1. The van der Waals surface area contributed by atoms with Gasteiger partial charge in [-0.2, -0.15) is 11.3 Å². The molecule has 2 aromatic rings. The first-order valence-corrected chi connectivity index (χ1v) is 9.16. The molecule has 1 N–H and O–H groups in total. The molecule has 1 aliphatic rings. The Morgan fingerprint density at radius 3 is 2.96 bits per heavy atom. The highest BCUT2D eigenvalue weighted by molar-refractivity contribution is 7.07. The van der Waals surface area contributed by atoms with Crippen LogP contribution in [0.2, 0.25) is 0 Å². The average Bonchev–Trinajstić information content (AvgIpc) is 3.24. The summed E-state index contributed by atoms with van der Waals surface area (Å²) in [5, 5.41) is 13.6. The van der Waals surface area contributed by atoms with Crippen molar-refractivity contribution in [2.45, 2.75) is 45.2 Å². The van der Waals surface area contributed by atoms with E-state index >= 15 is 0 Å². The smallest absolute Gasteiger partial charge is 0.258 e. The van der Waals surface area contributed by atoms with Gasteiger partial charge in [0.1, 0.15) is 12.0 Å². The van der Waals surface area contributed by atoms with Crippen LogP contribution in [0, 0.1) is 0 Å². The fourth-order valence-electron chi connectivity index (χ4n) is 3.13. The molecule has 0 radical (unpaired) electrons. The molecule has 1 atom stereocenters. The van der Waals surface area contributed by atoms with E-state index in [2.05, 4.69) is 0 Å². The van der Waals surface area contributed by atoms with Crippen LogP contribution in [-0.4, -0.2) is 34.3 Å². The quantitative estimate of drug-likeness (QED) is 0.870. The van der Waals surface area contributed by atoms with E-state index in [1.54, 1.807) is 16.2 Å². The van der Waals surface area contributed by atoms with Crippen molar-refractivity contribution in [1.82, 2.24) is 4.90 Å². The van der Waals surface area contributed by atoms with Gasteiger partial charge in [-0.05, 0) is 35.2 Å². The zero-order chi connectivity index (χ0) is 17.1. The number of thiophene rings is 1. The zero-order valence-corrected chi connectivity index (χ0v) is 14.5. The Kier molecular flexibility index (Phi) is 5.16. The van der Waals surface area contributed by atoms with Gasteiger partial charge in [0, 0.05) is 19.4 Å². The van der Waals surface area contributed by atoms with Crippen LogP contribution in [0.5, 0.6) is 0 Å². The number of rotatable bonds is 6. The van der Waals surface area contributed by atoms with Crippen LogP contribution in [0.25, 0.3) is 0 Å². The molecule has 0 aliphatic heterocycles. The summed E-state index contributed by atoms with van der Waals surface area (Å²) in [6, 6.07) is 1.67. The molecule has 3 rings (SSSR count). The Bertz CT molecular complexity index is 715. The summed E-state index contributed by atoms with van der Waals surface area (Å²) in [7, 11) is 0. The Balaban J connectivity index is 1.94. The van der Waals surface area contributed by atoms with Crippen LogP contribution in [0.3, 0.4) is 0 Å². The van der Waals surface area contributed by atoms with E-state index in [1.165, 1.54) is 6.26 Å². The number of carbonyl (C=O) groups is 2. The molecule has 1 amide bonds. The van der Waals surface area contributed by atoms with Crippen LogP contribution in [0.1, 0.15) is 58.2 Å². The van der Waals surface area contributed by atoms with E-state index < -0.39 is 0 Å². The second-order valence-corrected chi connectivity index (χ2v) is 6.81. The number of amides is 1. The van der Waals surface area contributed by atoms with Crippen molar-refractivity contribution in [3.8, 4) is 0 Å². The lowest BCUT2D eigenvalue weighted by molar-refractivity contribution is 0.0560. The van der Waals surface area contributed by atoms with Crippen molar-refractivity contribution in [2.24, 2.45) is 0 Å². The van der Waals surface area contributed by atoms with Gasteiger partial charge < -0.3 is 14.4 Å². The van der Waals surface area contributed by atoms with Gasteiger partial charge in [0.15, 0.2) is 5.78 Å². The third-order valence-corrected chi connectivity index (χ3v) is 5.23. The molecule has 0 bridgehead atoms. The second kappa shape index (κ2) is 7.32. The van der Waals surface area contributed by atoms with E-state index in [0.717, 1.165) is 12.0 Å². The van der Waals surface area contributed by atoms with Gasteiger partial charge in [-0.25, -0.2) is 0 Å². The molecule has 1 unspecified atom stereocenters. The average molecular weight is 347 g/mol. The van der Waals surface area contributed by atoms with E-state index in [4.69, 9.17) is 4.42 Å². The van der Waals surface area contributed by atoms with Crippen LogP contribution in [0.15, 0.2) is 27.5 Å². The summed E-state index contributed by atoms with van der Waals surface area (Å²) in [5.41, 5.74) is 1.79. The van der Waals surface area contributed by atoms with Gasteiger partial charge in [0.2, 0.25) is 0 Å². The Hall–Kier alpha value is -1.92. The lowest BCUT2D eigenvalue weighted by Gasteiger charge is -2.30. The molecular weight excluding hydrogens is 326 g/mol. The maximum atomic E-state index is 13.1. The molecule has 24 heavy (non-hydrogen) atoms. The lowest BCUT2D eigenvalue weighted by Crippen LogP contribution is -2.42. The first-order chi connectivity index (χ1) is 11.7. The van der Waals surface area contributed by atoms with Gasteiger partial charge in [-0.15, -0.1) is 0 Å². The van der Waals surface area contributed by atoms with E-state index in [9.17, 15) is 14.7 Å². The number of Topliss-reactive ketones (excluding diaryl/α,β-unsaturated/α-hetero) is 1. The van der Waals surface area contributed by atoms with Crippen molar-refractivity contribution >= 4 is 23.0 Å². The molecule has 0 saturated carbocycles. The number of ketones is 1. The second-order valence-electron chi connectivity index (χ2n) is 6.03. The number of hydrogen-bond acceptors (Lipinski definition) is 5. The maximum Gasteiger partial charge on any atom is 0.258 e. The van der Waals surface area contributed by atoms with Crippen molar-refractivity contribution < 1.29 is 19.1 Å². The number of fused-ring (bicyclic) bond motifs is 1. The summed E-state index contributed by atoms with van der Waals surface area (Å²) in [6.07, 6.45) is 3.95. The molecule has 128 valence electrons. The summed E-state index contributed by atoms with van der Waals surface area (Å²) in [5.74, 6) is 0.338. The molecule has 0 fully saturated rings. The number of hydrogen-bond donors (Lipinski definition) is 1. The first-order valence-electron chi connectivity index (χ1n) is 8.22. The predicted molar refractivity (Wildman–Crippen MR) is 91.3 cm³/mol. The minimum atomic E-state index is -0.290. The first kappa shape index (κ1) is 16.9. The molecule has 2 heterocycles. The largest absolute Gasteiger partial charge is 0.468 e. The standard InChI is InChI=1S/C18H21NO4S/c1-2-13(9-20)19(8-12-6-7-24-11-12)18(22)14-10-23-16-5-3-4-15(21)17(14)16/h6-7,10-11,13,20H,2-5,8-9H2,1H3. The minimum Gasteiger partial charge on any atom is -0.468 e. The van der Waals surface area contributed by atoms with Crippen molar-refractivity contribution in [3.05, 3.63) is 45.5 Å². The molecule has 1 aliphatic carbocycles. The minimum absolute atomic E-state index is 0.0270. The highest BCUT2D eigenvalue weighted by Crippen LogP contribution is 2.28. The van der Waals surface area contributed by atoms with Gasteiger partial charge in [-0.1, -0.05) is 6.92 Å². The van der Waals surface area contributed by atoms with Gasteiger partial charge in [0.05, 0.1) is 23.8 Å². The van der Waals surface area contributed by atoms with Crippen molar-refractivity contribution in [2.75, 3.05) is 6.61 Å². The van der Waals surface area contributed by atoms with Crippen LogP contribution < -0.4 is 0 Å². The number of carbonyl (C=O) groups excluding carboxylic acids is 2. The Morgan fingerprint density at radius 2 is 2.29 bits per heavy atom. The van der Waals surface area contributed by atoms with E-state index in [1.807, 2.05) is 23.8 Å². The van der Waals surface area contributed by atoms with E-state index in [-0.39, 0.29) is 24.3 Å². The molecule has 0 saturated heterocycles. The number of aliphatic hydroxyl groups excluding tert-OH is 1. The van der Waals surface area contributed by atoms with Crippen LogP contribution in [-0.2, 0) is 13.0 Å². The Morgan fingerprint density at radius 1 is 1.46 bits per heavy atom. The number of aliphatic hydroxyl groups is 1. The molecule has 6 heteroatoms. The predicted octanol–water partition coefficient (Wildman–Crippen LogP) is 3.27. The van der Waals surface area contributed by atoms with Crippen molar-refractivity contribution in [1.29, 1.82) is 0 Å². The number of furan rings is 1. The summed E-state index contributed by atoms with van der Waals surface area (Å²) in [4.78, 5) is 27.0. The summed E-state index contributed by atoms with van der Waals surface area (Å²) in [6.45, 7) is 2.24. The monoisotopic (exact) mass is 347 g/mol. The third kappa shape index (κ3) is 3.16. The number of nitrogens with zero attached hydrogens (tertiary/aromatic N) is 1. The fraction of sp³-hybridized carbons (Fsp3) is 0.444. The molecule has 0 aromatic carbocycles. The highest BCUT2D eigenvalue weighted by atomic mass is 32.1. The highest BCUT2D eigenvalue weighted by Gasteiger charge is 2.32. The van der Waals surface area contributed by atoms with Gasteiger partial charge in [-0.3, -0.25) is 9.59 Å². The zero-order valence-electron chi connectivity index (χ0n) is 13.7. The fourth-order valence-corrected chi connectivity index (χ4v) is 3.79.